The zero-order chi connectivity index (χ0) is 16.4. The van der Waals surface area contributed by atoms with Crippen LogP contribution in [0.3, 0.4) is 0 Å². The van der Waals surface area contributed by atoms with E-state index in [0.29, 0.717) is 0 Å². The van der Waals surface area contributed by atoms with Crippen LogP contribution in [0.4, 0.5) is 0 Å². The maximum Gasteiger partial charge on any atom is 0.297 e. The highest BCUT2D eigenvalue weighted by Gasteiger charge is 2.23. The molecule has 0 aromatic heterocycles. The topological polar surface area (TPSA) is 52.6 Å². The Bertz CT molecular complexity index is 794. The lowest BCUT2D eigenvalue weighted by atomic mass is 10.0. The lowest BCUT2D eigenvalue weighted by molar-refractivity contribution is 0.112. The van der Waals surface area contributed by atoms with Crippen LogP contribution < -0.4 is 4.74 Å². The van der Waals surface area contributed by atoms with Crippen molar-refractivity contribution in [3.63, 3.8) is 0 Å². The molecular formula is C18H20O4S. The van der Waals surface area contributed by atoms with Crippen molar-refractivity contribution in [3.05, 3.63) is 59.2 Å². The standard InChI is InChI=1S/C18H20O4S/c1-13-3-8-17(9-4-13)23(19,20)21-12-16-7-6-15-11-14(2)5-10-18(15)22-16/h3-5,8-11,16H,6-7,12H2,1-2H3. The van der Waals surface area contributed by atoms with Gasteiger partial charge in [-0.05, 0) is 50.5 Å². The molecule has 0 amide bonds. The third-order valence-corrected chi connectivity index (χ3v) is 5.26. The molecule has 4 nitrogen and oxygen atoms in total. The number of ether oxygens (including phenoxy) is 1. The van der Waals surface area contributed by atoms with Gasteiger partial charge in [-0.25, -0.2) is 0 Å². The van der Waals surface area contributed by atoms with Crippen LogP contribution in [-0.2, 0) is 20.7 Å². The predicted octanol–water partition coefficient (Wildman–Crippen LogP) is 3.40. The van der Waals surface area contributed by atoms with Crippen molar-refractivity contribution in [2.75, 3.05) is 6.61 Å². The molecule has 23 heavy (non-hydrogen) atoms. The van der Waals surface area contributed by atoms with Gasteiger partial charge < -0.3 is 4.74 Å². The van der Waals surface area contributed by atoms with Crippen molar-refractivity contribution in [2.45, 2.75) is 37.7 Å². The molecule has 0 aliphatic carbocycles. The molecule has 1 aliphatic heterocycles. The summed E-state index contributed by atoms with van der Waals surface area (Å²) in [5.41, 5.74) is 3.37. The van der Waals surface area contributed by atoms with E-state index in [4.69, 9.17) is 8.92 Å². The van der Waals surface area contributed by atoms with E-state index in [1.165, 1.54) is 11.1 Å². The zero-order valence-corrected chi connectivity index (χ0v) is 14.1. The first-order valence-electron chi connectivity index (χ1n) is 7.66. The highest BCUT2D eigenvalue weighted by atomic mass is 32.2. The van der Waals surface area contributed by atoms with Crippen molar-refractivity contribution >= 4 is 10.1 Å². The molecule has 1 atom stereocenters. The van der Waals surface area contributed by atoms with Crippen LogP contribution in [-0.4, -0.2) is 21.1 Å². The molecule has 0 N–H and O–H groups in total. The van der Waals surface area contributed by atoms with Gasteiger partial charge in [0.15, 0.2) is 0 Å². The van der Waals surface area contributed by atoms with E-state index in [0.717, 1.165) is 24.2 Å². The minimum absolute atomic E-state index is 0.0313. The van der Waals surface area contributed by atoms with Gasteiger partial charge >= 0.3 is 0 Å². The molecule has 1 heterocycles. The summed E-state index contributed by atoms with van der Waals surface area (Å²) in [5.74, 6) is 0.822. The largest absolute Gasteiger partial charge is 0.488 e. The fraction of sp³-hybridized carbons (Fsp3) is 0.333. The summed E-state index contributed by atoms with van der Waals surface area (Å²) < 4.78 is 35.4. The minimum Gasteiger partial charge on any atom is -0.488 e. The van der Waals surface area contributed by atoms with Gasteiger partial charge in [0.2, 0.25) is 0 Å². The third kappa shape index (κ3) is 3.74. The zero-order valence-electron chi connectivity index (χ0n) is 13.3. The molecule has 0 bridgehead atoms. The summed E-state index contributed by atoms with van der Waals surface area (Å²) in [6.07, 6.45) is 1.38. The number of aryl methyl sites for hydroxylation is 3. The van der Waals surface area contributed by atoms with Crippen molar-refractivity contribution in [1.29, 1.82) is 0 Å². The second-order valence-corrected chi connectivity index (χ2v) is 7.56. The SMILES string of the molecule is Cc1ccc(S(=O)(=O)OCC2CCc3cc(C)ccc3O2)cc1. The Morgan fingerprint density at radius 3 is 2.52 bits per heavy atom. The van der Waals surface area contributed by atoms with Crippen LogP contribution in [0, 0.1) is 13.8 Å². The molecule has 0 saturated carbocycles. The molecule has 122 valence electrons. The maximum atomic E-state index is 12.2. The minimum atomic E-state index is -3.74. The van der Waals surface area contributed by atoms with Crippen molar-refractivity contribution < 1.29 is 17.3 Å². The summed E-state index contributed by atoms with van der Waals surface area (Å²) >= 11 is 0. The summed E-state index contributed by atoms with van der Waals surface area (Å²) in [4.78, 5) is 0.176. The van der Waals surface area contributed by atoms with Gasteiger partial charge in [-0.2, -0.15) is 8.42 Å². The van der Waals surface area contributed by atoms with E-state index < -0.39 is 10.1 Å². The fourth-order valence-electron chi connectivity index (χ4n) is 2.63. The number of fused-ring (bicyclic) bond motifs is 1. The van der Waals surface area contributed by atoms with Crippen LogP contribution in [0.15, 0.2) is 47.4 Å². The highest BCUT2D eigenvalue weighted by molar-refractivity contribution is 7.86. The molecule has 0 fully saturated rings. The van der Waals surface area contributed by atoms with E-state index in [1.807, 2.05) is 26.0 Å². The predicted molar refractivity (Wildman–Crippen MR) is 88.2 cm³/mol. The normalized spacial score (nSPS) is 17.4. The van der Waals surface area contributed by atoms with Gasteiger partial charge in [0, 0.05) is 0 Å². The van der Waals surface area contributed by atoms with E-state index in [2.05, 4.69) is 6.07 Å². The van der Waals surface area contributed by atoms with Crippen LogP contribution in [0.25, 0.3) is 0 Å². The van der Waals surface area contributed by atoms with Gasteiger partial charge in [0.1, 0.15) is 18.5 Å². The van der Waals surface area contributed by atoms with Gasteiger partial charge in [-0.3, -0.25) is 4.18 Å². The first-order valence-corrected chi connectivity index (χ1v) is 9.07. The molecule has 1 aliphatic rings. The van der Waals surface area contributed by atoms with E-state index >= 15 is 0 Å². The second kappa shape index (κ2) is 6.34. The Hall–Kier alpha value is -1.85. The lowest BCUT2D eigenvalue weighted by Crippen LogP contribution is -2.29. The number of hydrogen-bond donors (Lipinski definition) is 0. The van der Waals surface area contributed by atoms with Crippen LogP contribution in [0.2, 0.25) is 0 Å². The average Bonchev–Trinajstić information content (AvgIpc) is 2.53. The Labute approximate surface area is 137 Å². The molecule has 3 rings (SSSR count). The third-order valence-electron chi connectivity index (χ3n) is 3.96. The van der Waals surface area contributed by atoms with Crippen LogP contribution in [0.5, 0.6) is 5.75 Å². The van der Waals surface area contributed by atoms with E-state index in [9.17, 15) is 8.42 Å². The number of rotatable bonds is 4. The molecule has 0 radical (unpaired) electrons. The van der Waals surface area contributed by atoms with Crippen LogP contribution in [0.1, 0.15) is 23.1 Å². The Morgan fingerprint density at radius 1 is 1.09 bits per heavy atom. The van der Waals surface area contributed by atoms with E-state index in [1.54, 1.807) is 24.3 Å². The molecule has 5 heteroatoms. The Balaban J connectivity index is 1.65. The fourth-order valence-corrected chi connectivity index (χ4v) is 3.57. The Kier molecular flexibility index (Phi) is 4.41. The summed E-state index contributed by atoms with van der Waals surface area (Å²) in [6.45, 7) is 3.99. The maximum absolute atomic E-state index is 12.2. The number of benzene rings is 2. The molecule has 0 spiro atoms. The first kappa shape index (κ1) is 16.0. The number of hydrogen-bond acceptors (Lipinski definition) is 4. The molecule has 2 aromatic rings. The van der Waals surface area contributed by atoms with Gasteiger partial charge in [-0.15, -0.1) is 0 Å². The van der Waals surface area contributed by atoms with Crippen molar-refractivity contribution in [1.82, 2.24) is 0 Å². The first-order chi connectivity index (χ1) is 10.9. The van der Waals surface area contributed by atoms with Crippen molar-refractivity contribution in [3.8, 4) is 5.75 Å². The average molecular weight is 332 g/mol. The molecule has 2 aromatic carbocycles. The second-order valence-electron chi connectivity index (χ2n) is 5.94. The van der Waals surface area contributed by atoms with Gasteiger partial charge in [0.25, 0.3) is 10.1 Å². The van der Waals surface area contributed by atoms with Crippen LogP contribution >= 0.6 is 0 Å². The lowest BCUT2D eigenvalue weighted by Gasteiger charge is -2.26. The quantitative estimate of drug-likeness (QED) is 0.805. The summed E-state index contributed by atoms with van der Waals surface area (Å²) in [7, 11) is -3.74. The molecule has 1 unspecified atom stereocenters. The van der Waals surface area contributed by atoms with Crippen molar-refractivity contribution in [2.24, 2.45) is 0 Å². The monoisotopic (exact) mass is 332 g/mol. The summed E-state index contributed by atoms with van der Waals surface area (Å²) in [6, 6.07) is 12.7. The van der Waals surface area contributed by atoms with Gasteiger partial charge in [0.05, 0.1) is 4.90 Å². The Morgan fingerprint density at radius 2 is 1.78 bits per heavy atom. The smallest absolute Gasteiger partial charge is 0.297 e. The molecule has 0 saturated heterocycles. The van der Waals surface area contributed by atoms with Gasteiger partial charge in [-0.1, -0.05) is 35.4 Å². The highest BCUT2D eigenvalue weighted by Crippen LogP contribution is 2.28. The molecular weight excluding hydrogens is 312 g/mol. The summed E-state index contributed by atoms with van der Waals surface area (Å²) in [5, 5.41) is 0. The van der Waals surface area contributed by atoms with E-state index in [-0.39, 0.29) is 17.6 Å².